The van der Waals surface area contributed by atoms with Crippen LogP contribution in [0.5, 0.6) is 5.75 Å². The topological polar surface area (TPSA) is 55.6 Å². The van der Waals surface area contributed by atoms with E-state index < -0.39 is 0 Å². The van der Waals surface area contributed by atoms with Crippen molar-refractivity contribution in [1.29, 1.82) is 0 Å². The molecule has 206 valence electrons. The first-order valence-electron chi connectivity index (χ1n) is 13.6. The average molecular weight is 615 g/mol. The predicted molar refractivity (Wildman–Crippen MR) is 173 cm³/mol. The van der Waals surface area contributed by atoms with Crippen LogP contribution in [0, 0.1) is 6.92 Å². The fraction of sp³-hybridized carbons (Fsp3) is 0.0556. The van der Waals surface area contributed by atoms with E-state index in [0.717, 1.165) is 49.0 Å². The van der Waals surface area contributed by atoms with Gasteiger partial charge in [-0.05, 0) is 83.4 Å². The number of rotatable bonds is 8. The molecule has 42 heavy (non-hydrogen) atoms. The van der Waals surface area contributed by atoms with E-state index in [4.69, 9.17) is 4.74 Å². The number of fused-ring (bicyclic) bond motifs is 1. The summed E-state index contributed by atoms with van der Waals surface area (Å²) in [7, 11) is 0. The Balaban J connectivity index is 1.20. The van der Waals surface area contributed by atoms with Crippen LogP contribution in [0.25, 0.3) is 27.7 Å². The van der Waals surface area contributed by atoms with Crippen molar-refractivity contribution in [2.45, 2.75) is 13.5 Å². The smallest absolute Gasteiger partial charge is 0.271 e. The van der Waals surface area contributed by atoms with Gasteiger partial charge >= 0.3 is 0 Å². The first kappa shape index (κ1) is 27.2. The van der Waals surface area contributed by atoms with Gasteiger partial charge in [-0.2, -0.15) is 5.10 Å². The highest BCUT2D eigenvalue weighted by atomic mass is 79.9. The Kier molecular flexibility index (Phi) is 7.97. The molecular formula is C36H28BrN3O2. The number of nitrogens with one attached hydrogen (secondary N) is 1. The van der Waals surface area contributed by atoms with Crippen LogP contribution in [0.15, 0.2) is 137 Å². The van der Waals surface area contributed by atoms with Gasteiger partial charge in [0.05, 0.1) is 11.9 Å². The summed E-state index contributed by atoms with van der Waals surface area (Å²) in [5.41, 5.74) is 9.40. The van der Waals surface area contributed by atoms with Crippen molar-refractivity contribution < 1.29 is 9.53 Å². The maximum Gasteiger partial charge on any atom is 0.271 e. The van der Waals surface area contributed by atoms with Crippen LogP contribution in [0.3, 0.4) is 0 Å². The van der Waals surface area contributed by atoms with Gasteiger partial charge < -0.3 is 9.30 Å². The summed E-state index contributed by atoms with van der Waals surface area (Å²) in [6.45, 7) is 2.49. The van der Waals surface area contributed by atoms with E-state index in [2.05, 4.69) is 62.2 Å². The minimum atomic E-state index is -0.289. The Bertz CT molecular complexity index is 1880. The molecule has 0 saturated carbocycles. The fourth-order valence-electron chi connectivity index (χ4n) is 4.97. The van der Waals surface area contributed by atoms with Gasteiger partial charge in [-0.25, -0.2) is 5.43 Å². The second-order valence-corrected chi connectivity index (χ2v) is 10.8. The lowest BCUT2D eigenvalue weighted by Gasteiger charge is -2.13. The number of hydrogen-bond donors (Lipinski definition) is 1. The third-order valence-corrected chi connectivity index (χ3v) is 7.66. The Labute approximate surface area is 253 Å². The summed E-state index contributed by atoms with van der Waals surface area (Å²) >= 11 is 3.47. The molecule has 0 aliphatic carbocycles. The molecule has 5 nitrogen and oxygen atoms in total. The molecule has 0 unspecified atom stereocenters. The number of halogens is 1. The highest BCUT2D eigenvalue weighted by Gasteiger charge is 2.12. The number of benzene rings is 5. The third-order valence-electron chi connectivity index (χ3n) is 7.13. The number of hydrogen-bond acceptors (Lipinski definition) is 3. The first-order valence-corrected chi connectivity index (χ1v) is 14.4. The summed E-state index contributed by atoms with van der Waals surface area (Å²) in [6.07, 6.45) is 1.65. The SMILES string of the molecule is Cc1ccc(-c2ccccc2)n1-c1ccc(C(=O)N/N=C/c2c(OCc3ccc(Br)cc3)ccc3ccccc23)cc1. The van der Waals surface area contributed by atoms with E-state index in [0.29, 0.717) is 17.9 Å². The van der Waals surface area contributed by atoms with E-state index in [1.54, 1.807) is 6.21 Å². The lowest BCUT2D eigenvalue weighted by Crippen LogP contribution is -2.17. The average Bonchev–Trinajstić information content (AvgIpc) is 3.42. The summed E-state index contributed by atoms with van der Waals surface area (Å²) < 4.78 is 9.40. The molecule has 0 atom stereocenters. The van der Waals surface area contributed by atoms with Crippen molar-refractivity contribution in [3.05, 3.63) is 154 Å². The number of hydrazone groups is 1. The summed E-state index contributed by atoms with van der Waals surface area (Å²) in [4.78, 5) is 13.0. The Hall–Kier alpha value is -4.94. The van der Waals surface area contributed by atoms with Gasteiger partial charge in [-0.3, -0.25) is 4.79 Å². The monoisotopic (exact) mass is 613 g/mol. The van der Waals surface area contributed by atoms with E-state index in [-0.39, 0.29) is 5.91 Å². The number of carbonyl (C=O) groups excluding carboxylic acids is 1. The van der Waals surface area contributed by atoms with Crippen LogP contribution in [-0.4, -0.2) is 16.7 Å². The second kappa shape index (κ2) is 12.3. The maximum absolute atomic E-state index is 13.0. The van der Waals surface area contributed by atoms with Crippen LogP contribution in [0.1, 0.15) is 27.2 Å². The van der Waals surface area contributed by atoms with E-state index in [1.807, 2.05) is 103 Å². The number of carbonyl (C=O) groups is 1. The van der Waals surface area contributed by atoms with E-state index in [9.17, 15) is 4.79 Å². The minimum Gasteiger partial charge on any atom is -0.488 e. The van der Waals surface area contributed by atoms with Gasteiger partial charge in [0.15, 0.2) is 0 Å². The zero-order valence-electron chi connectivity index (χ0n) is 23.0. The number of aryl methyl sites for hydroxylation is 1. The second-order valence-electron chi connectivity index (χ2n) is 9.92. The maximum atomic E-state index is 13.0. The van der Waals surface area contributed by atoms with Gasteiger partial charge in [0.25, 0.3) is 5.91 Å². The molecule has 0 saturated heterocycles. The Morgan fingerprint density at radius 2 is 1.57 bits per heavy atom. The Morgan fingerprint density at radius 1 is 0.833 bits per heavy atom. The molecule has 6 aromatic rings. The van der Waals surface area contributed by atoms with Crippen molar-refractivity contribution >= 4 is 38.8 Å². The molecule has 0 radical (unpaired) electrons. The highest BCUT2D eigenvalue weighted by molar-refractivity contribution is 9.10. The third kappa shape index (κ3) is 5.90. The molecule has 1 N–H and O–H groups in total. The van der Waals surface area contributed by atoms with Crippen molar-refractivity contribution in [2.75, 3.05) is 0 Å². The number of nitrogens with zero attached hydrogens (tertiary/aromatic N) is 2. The lowest BCUT2D eigenvalue weighted by molar-refractivity contribution is 0.0955. The largest absolute Gasteiger partial charge is 0.488 e. The molecule has 6 rings (SSSR count). The minimum absolute atomic E-state index is 0.289. The molecule has 0 spiro atoms. The van der Waals surface area contributed by atoms with Crippen molar-refractivity contribution in [3.8, 4) is 22.7 Å². The molecule has 0 fully saturated rings. The quantitative estimate of drug-likeness (QED) is 0.138. The molecule has 0 bridgehead atoms. The highest BCUT2D eigenvalue weighted by Crippen LogP contribution is 2.28. The standard InChI is InChI=1S/C36H28BrN3O2/c1-25-11-21-34(28-8-3-2-4-9-28)40(25)31-19-14-29(15-20-31)36(41)39-38-23-33-32-10-6-5-7-27(32)16-22-35(33)42-24-26-12-17-30(37)18-13-26/h2-23H,24H2,1H3,(H,39,41)/b38-23+. The zero-order valence-corrected chi connectivity index (χ0v) is 24.6. The lowest BCUT2D eigenvalue weighted by atomic mass is 10.0. The normalized spacial score (nSPS) is 11.2. The molecule has 0 aliphatic heterocycles. The number of amides is 1. The van der Waals surface area contributed by atoms with Crippen LogP contribution in [-0.2, 0) is 6.61 Å². The van der Waals surface area contributed by atoms with Crippen LogP contribution >= 0.6 is 15.9 Å². The van der Waals surface area contributed by atoms with Crippen molar-refractivity contribution in [2.24, 2.45) is 5.10 Å². The van der Waals surface area contributed by atoms with Crippen LogP contribution < -0.4 is 10.2 Å². The summed E-state index contributed by atoms with van der Waals surface area (Å²) in [5, 5.41) is 6.37. The van der Waals surface area contributed by atoms with Gasteiger partial charge in [0.1, 0.15) is 12.4 Å². The number of aromatic nitrogens is 1. The molecule has 0 aliphatic rings. The zero-order chi connectivity index (χ0) is 28.9. The van der Waals surface area contributed by atoms with E-state index >= 15 is 0 Å². The van der Waals surface area contributed by atoms with Crippen LogP contribution in [0.4, 0.5) is 0 Å². The molecule has 1 aromatic heterocycles. The van der Waals surface area contributed by atoms with E-state index in [1.165, 1.54) is 0 Å². The van der Waals surface area contributed by atoms with Gasteiger partial charge in [-0.15, -0.1) is 0 Å². The first-order chi connectivity index (χ1) is 20.6. The van der Waals surface area contributed by atoms with Gasteiger partial charge in [0.2, 0.25) is 0 Å². The van der Waals surface area contributed by atoms with Crippen molar-refractivity contribution in [1.82, 2.24) is 9.99 Å². The van der Waals surface area contributed by atoms with Crippen molar-refractivity contribution in [3.63, 3.8) is 0 Å². The molecular weight excluding hydrogens is 586 g/mol. The molecule has 5 aromatic carbocycles. The van der Waals surface area contributed by atoms with Gasteiger partial charge in [-0.1, -0.05) is 88.7 Å². The summed E-state index contributed by atoms with van der Waals surface area (Å²) in [6, 6.07) is 42.1. The van der Waals surface area contributed by atoms with Gasteiger partial charge in [0, 0.05) is 27.0 Å². The summed E-state index contributed by atoms with van der Waals surface area (Å²) in [5.74, 6) is 0.401. The van der Waals surface area contributed by atoms with Crippen LogP contribution in [0.2, 0.25) is 0 Å². The molecule has 1 heterocycles. The molecule has 6 heteroatoms. The number of ether oxygens (including phenoxy) is 1. The predicted octanol–water partition coefficient (Wildman–Crippen LogP) is 8.71. The fourth-order valence-corrected chi connectivity index (χ4v) is 5.24. The molecule has 1 amide bonds. The Morgan fingerprint density at radius 3 is 2.36 bits per heavy atom.